The topological polar surface area (TPSA) is 192 Å². The molecule has 1 aromatic carbocycles. The van der Waals surface area contributed by atoms with Crippen LogP contribution in [0.3, 0.4) is 0 Å². The summed E-state index contributed by atoms with van der Waals surface area (Å²) in [7, 11) is 0. The van der Waals surface area contributed by atoms with Gasteiger partial charge < -0.3 is 20.1 Å². The van der Waals surface area contributed by atoms with Gasteiger partial charge in [-0.1, -0.05) is 0 Å². The zero-order valence-corrected chi connectivity index (χ0v) is 32.3. The number of amides is 2. The Morgan fingerprint density at radius 3 is 1.12 bits per heavy atom. The first-order valence-electron chi connectivity index (χ1n) is 17.3. The highest BCUT2D eigenvalue weighted by Crippen LogP contribution is 2.23. The van der Waals surface area contributed by atoms with Crippen LogP contribution in [0.1, 0.15) is 95.9 Å². The van der Waals surface area contributed by atoms with Gasteiger partial charge in [-0.2, -0.15) is 0 Å². The van der Waals surface area contributed by atoms with E-state index in [9.17, 15) is 28.8 Å². The Hall–Kier alpha value is -4.12. The van der Waals surface area contributed by atoms with E-state index in [4.69, 9.17) is 29.0 Å². The minimum atomic E-state index is -0.746. The number of aromatic nitrogens is 2. The third-order valence-electron chi connectivity index (χ3n) is 7.48. The summed E-state index contributed by atoms with van der Waals surface area (Å²) < 4.78 is 12.6. The fourth-order valence-corrected chi connectivity index (χ4v) is 5.48. The van der Waals surface area contributed by atoms with E-state index in [1.165, 1.54) is 12.1 Å². The smallest absolute Gasteiger partial charge is 0.407 e. The summed E-state index contributed by atoms with van der Waals surface area (Å²) in [6, 6.07) is 2.47. The van der Waals surface area contributed by atoms with Crippen molar-refractivity contribution >= 4 is 33.7 Å². The van der Waals surface area contributed by atoms with E-state index in [0.29, 0.717) is 12.8 Å². The van der Waals surface area contributed by atoms with Gasteiger partial charge in [0.25, 0.3) is 22.2 Å². The van der Waals surface area contributed by atoms with Crippen LogP contribution in [-0.2, 0) is 42.1 Å². The first-order chi connectivity index (χ1) is 23.8. The van der Waals surface area contributed by atoms with E-state index in [-0.39, 0.29) is 47.7 Å². The standard InChI is InChI=1S/C36H54N4O12/c1-21(19-35(9,10)51-49-33(3,4)5)47-31(45)37-13-15-39-27(41)23-17-25-26(18-24(23)28(39)42)30(44)40(29(25)43)16-14-38-32(46)48-22(2)20-36(11,12)52-50-34(6,7)8/h17-18,21-22H,13-16,19-20H2,1-12H3,(H,37,45)(H,38,46). The Labute approximate surface area is 302 Å². The molecule has 16 heteroatoms. The predicted octanol–water partition coefficient (Wildman–Crippen LogP) is 3.97. The molecule has 2 unspecified atom stereocenters. The van der Waals surface area contributed by atoms with E-state index in [1.807, 2.05) is 41.5 Å². The highest BCUT2D eigenvalue weighted by molar-refractivity contribution is 5.97. The summed E-state index contributed by atoms with van der Waals surface area (Å²) in [5.74, 6) is 0. The fourth-order valence-electron chi connectivity index (χ4n) is 5.48. The molecule has 0 aliphatic carbocycles. The summed E-state index contributed by atoms with van der Waals surface area (Å²) >= 11 is 0. The van der Waals surface area contributed by atoms with Crippen LogP contribution in [0.4, 0.5) is 9.59 Å². The highest BCUT2D eigenvalue weighted by atomic mass is 17.2. The zero-order chi connectivity index (χ0) is 39.4. The molecule has 2 heterocycles. The van der Waals surface area contributed by atoms with Crippen molar-refractivity contribution in [3.8, 4) is 0 Å². The Morgan fingerprint density at radius 1 is 0.558 bits per heavy atom. The lowest BCUT2D eigenvalue weighted by Crippen LogP contribution is -2.38. The maximum atomic E-state index is 13.2. The van der Waals surface area contributed by atoms with Crippen molar-refractivity contribution in [2.24, 2.45) is 0 Å². The number of carbonyl (C=O) groups excluding carboxylic acids is 2. The van der Waals surface area contributed by atoms with Gasteiger partial charge in [-0.25, -0.2) is 29.1 Å². The molecule has 52 heavy (non-hydrogen) atoms. The molecule has 0 spiro atoms. The van der Waals surface area contributed by atoms with Gasteiger partial charge in [0.05, 0.1) is 32.7 Å². The monoisotopic (exact) mass is 734 g/mol. The maximum Gasteiger partial charge on any atom is 0.407 e. The average Bonchev–Trinajstić information content (AvgIpc) is 3.36. The Kier molecular flexibility index (Phi) is 13.2. The molecular weight excluding hydrogens is 680 g/mol. The van der Waals surface area contributed by atoms with Crippen molar-refractivity contribution in [1.29, 1.82) is 0 Å². The van der Waals surface area contributed by atoms with Crippen molar-refractivity contribution in [3.63, 3.8) is 0 Å². The van der Waals surface area contributed by atoms with Crippen LogP contribution < -0.4 is 32.9 Å². The van der Waals surface area contributed by atoms with Crippen LogP contribution in [0, 0.1) is 0 Å². The van der Waals surface area contributed by atoms with Crippen LogP contribution in [0.15, 0.2) is 31.3 Å². The fraction of sp³-hybridized carbons (Fsp3) is 0.667. The van der Waals surface area contributed by atoms with Crippen LogP contribution >= 0.6 is 0 Å². The molecule has 0 saturated heterocycles. The number of ether oxygens (including phenoxy) is 2. The van der Waals surface area contributed by atoms with E-state index in [1.54, 1.807) is 41.5 Å². The van der Waals surface area contributed by atoms with Gasteiger partial charge in [0, 0.05) is 39.0 Å². The number of carbonyl (C=O) groups is 2. The molecule has 0 bridgehead atoms. The van der Waals surface area contributed by atoms with Gasteiger partial charge in [0.15, 0.2) is 0 Å². The minimum absolute atomic E-state index is 0.0295. The predicted molar refractivity (Wildman–Crippen MR) is 194 cm³/mol. The number of nitrogens with zero attached hydrogens (tertiary/aromatic N) is 2. The summed E-state index contributed by atoms with van der Waals surface area (Å²) in [6.07, 6.45) is -1.91. The van der Waals surface area contributed by atoms with Crippen LogP contribution in [0.5, 0.6) is 0 Å². The number of benzene rings is 1. The average molecular weight is 735 g/mol. The molecule has 2 atom stereocenters. The Balaban J connectivity index is 1.59. The Morgan fingerprint density at radius 2 is 0.846 bits per heavy atom. The molecule has 0 aliphatic heterocycles. The second-order valence-corrected chi connectivity index (χ2v) is 16.2. The number of fused-ring (bicyclic) bond motifs is 2. The molecular formula is C36H54N4O12. The van der Waals surface area contributed by atoms with Crippen molar-refractivity contribution in [2.75, 3.05) is 13.1 Å². The minimum Gasteiger partial charge on any atom is -0.446 e. The number of nitrogens with one attached hydrogen (secondary N) is 2. The molecule has 0 fully saturated rings. The highest BCUT2D eigenvalue weighted by Gasteiger charge is 2.29. The van der Waals surface area contributed by atoms with E-state index in [2.05, 4.69) is 10.6 Å². The molecule has 3 aromatic rings. The largest absolute Gasteiger partial charge is 0.446 e. The van der Waals surface area contributed by atoms with Gasteiger partial charge in [-0.15, -0.1) is 0 Å². The van der Waals surface area contributed by atoms with Crippen LogP contribution in [0.2, 0.25) is 0 Å². The first-order valence-corrected chi connectivity index (χ1v) is 17.3. The third kappa shape index (κ3) is 12.0. The van der Waals surface area contributed by atoms with E-state index >= 15 is 0 Å². The molecule has 290 valence electrons. The zero-order valence-electron chi connectivity index (χ0n) is 32.3. The van der Waals surface area contributed by atoms with Gasteiger partial charge in [0.1, 0.15) is 23.4 Å². The molecule has 3 rings (SSSR count). The van der Waals surface area contributed by atoms with Gasteiger partial charge in [-0.3, -0.25) is 28.3 Å². The number of hydrogen-bond acceptors (Lipinski definition) is 12. The van der Waals surface area contributed by atoms with Crippen LogP contribution in [-0.4, -0.2) is 69.0 Å². The quantitative estimate of drug-likeness (QED) is 0.159. The van der Waals surface area contributed by atoms with E-state index < -0.39 is 69.0 Å². The molecule has 2 amide bonds. The van der Waals surface area contributed by atoms with E-state index in [0.717, 1.165) is 9.13 Å². The van der Waals surface area contributed by atoms with Crippen LogP contribution in [0.25, 0.3) is 21.5 Å². The molecule has 0 saturated carbocycles. The molecule has 2 aromatic heterocycles. The van der Waals surface area contributed by atoms with Gasteiger partial charge >= 0.3 is 12.2 Å². The normalized spacial score (nSPS) is 14.1. The summed E-state index contributed by atoms with van der Waals surface area (Å²) in [5, 5.41) is 4.94. The number of rotatable bonds is 16. The third-order valence-corrected chi connectivity index (χ3v) is 7.48. The van der Waals surface area contributed by atoms with Crippen molar-refractivity contribution in [1.82, 2.24) is 19.8 Å². The molecule has 16 nitrogen and oxygen atoms in total. The second-order valence-electron chi connectivity index (χ2n) is 16.2. The second kappa shape index (κ2) is 16.3. The molecule has 0 radical (unpaired) electrons. The van der Waals surface area contributed by atoms with Gasteiger partial charge in [0.2, 0.25) is 0 Å². The summed E-state index contributed by atoms with van der Waals surface area (Å²) in [5.41, 5.74) is -5.18. The van der Waals surface area contributed by atoms with Crippen molar-refractivity contribution < 1.29 is 38.6 Å². The van der Waals surface area contributed by atoms with Crippen molar-refractivity contribution in [3.05, 3.63) is 53.5 Å². The Bertz CT molecular complexity index is 1720. The van der Waals surface area contributed by atoms with Gasteiger partial charge in [-0.05, 0) is 95.2 Å². The first kappa shape index (κ1) is 42.3. The molecule has 0 aliphatic rings. The summed E-state index contributed by atoms with van der Waals surface area (Å²) in [4.78, 5) is 99.2. The number of alkyl carbamates (subject to hydrolysis) is 2. The summed E-state index contributed by atoms with van der Waals surface area (Å²) in [6.45, 7) is 21.2. The molecule has 2 N–H and O–H groups in total. The lowest BCUT2D eigenvalue weighted by atomic mass is 10.0. The lowest BCUT2D eigenvalue weighted by molar-refractivity contribution is -0.399. The van der Waals surface area contributed by atoms with Crippen molar-refractivity contribution in [2.45, 2.75) is 144 Å². The SMILES string of the molecule is CC(CC(C)(C)OOC(C)(C)C)OC(=O)NCCn1c(=O)c2cc3c(=O)n(CCNC(=O)OC(C)CC(C)(C)OOC(C)(C)C)c(=O)c3cc2c1=O. The maximum absolute atomic E-state index is 13.2. The number of hydrogen-bond donors (Lipinski definition) is 2. The lowest BCUT2D eigenvalue weighted by Gasteiger charge is -2.30.